The number of hydrogen-bond acceptors (Lipinski definition) is 4. The second-order valence-corrected chi connectivity index (χ2v) is 6.72. The summed E-state index contributed by atoms with van der Waals surface area (Å²) >= 11 is 0. The lowest BCUT2D eigenvalue weighted by Gasteiger charge is -2.19. The monoisotopic (exact) mass is 354 g/mol. The van der Waals surface area contributed by atoms with Crippen molar-refractivity contribution in [2.24, 2.45) is 5.92 Å². The van der Waals surface area contributed by atoms with Crippen LogP contribution in [0.25, 0.3) is 0 Å². The van der Waals surface area contributed by atoms with Crippen LogP contribution in [0.15, 0.2) is 42.5 Å². The predicted molar refractivity (Wildman–Crippen MR) is 103 cm³/mol. The Balaban J connectivity index is 1.54. The SMILES string of the molecule is COc1ccc(C(=O)NCC2CCN(c3ccc(C)cc3)C2)cc1OC. The molecule has 5 heteroatoms. The van der Waals surface area contributed by atoms with E-state index in [2.05, 4.69) is 41.4 Å². The highest BCUT2D eigenvalue weighted by Crippen LogP contribution is 2.28. The summed E-state index contributed by atoms with van der Waals surface area (Å²) in [7, 11) is 3.15. The molecule has 0 bridgehead atoms. The summed E-state index contributed by atoms with van der Waals surface area (Å²) in [5, 5.41) is 3.05. The minimum Gasteiger partial charge on any atom is -0.493 e. The number of nitrogens with zero attached hydrogens (tertiary/aromatic N) is 1. The Morgan fingerprint density at radius 3 is 2.54 bits per heavy atom. The van der Waals surface area contributed by atoms with Gasteiger partial charge in [0.05, 0.1) is 14.2 Å². The maximum Gasteiger partial charge on any atom is 0.251 e. The quantitative estimate of drug-likeness (QED) is 0.865. The van der Waals surface area contributed by atoms with E-state index in [1.165, 1.54) is 11.3 Å². The Kier molecular flexibility index (Phi) is 5.66. The molecule has 1 saturated heterocycles. The second-order valence-electron chi connectivity index (χ2n) is 6.72. The number of ether oxygens (including phenoxy) is 2. The highest BCUT2D eigenvalue weighted by molar-refractivity contribution is 5.94. The van der Waals surface area contributed by atoms with Crippen molar-refractivity contribution in [2.45, 2.75) is 13.3 Å². The molecule has 1 unspecified atom stereocenters. The fourth-order valence-electron chi connectivity index (χ4n) is 3.31. The van der Waals surface area contributed by atoms with Crippen LogP contribution in [0.2, 0.25) is 0 Å². The first-order valence-electron chi connectivity index (χ1n) is 8.92. The molecule has 2 aromatic rings. The summed E-state index contributed by atoms with van der Waals surface area (Å²) in [6.07, 6.45) is 1.08. The van der Waals surface area contributed by atoms with Gasteiger partial charge in [-0.3, -0.25) is 4.79 Å². The zero-order valence-corrected chi connectivity index (χ0v) is 15.6. The van der Waals surface area contributed by atoms with Crippen LogP contribution in [0.3, 0.4) is 0 Å². The fraction of sp³-hybridized carbons (Fsp3) is 0.381. The van der Waals surface area contributed by atoms with E-state index in [1.54, 1.807) is 32.4 Å². The number of carbonyl (C=O) groups is 1. The van der Waals surface area contributed by atoms with Crippen molar-refractivity contribution in [3.63, 3.8) is 0 Å². The van der Waals surface area contributed by atoms with E-state index in [1.807, 2.05) is 0 Å². The molecule has 1 heterocycles. The van der Waals surface area contributed by atoms with E-state index in [0.717, 1.165) is 19.5 Å². The molecule has 1 aliphatic rings. The molecule has 1 aliphatic heterocycles. The Labute approximate surface area is 154 Å². The van der Waals surface area contributed by atoms with Crippen LogP contribution in [0.1, 0.15) is 22.3 Å². The number of hydrogen-bond donors (Lipinski definition) is 1. The van der Waals surface area contributed by atoms with Gasteiger partial charge < -0.3 is 19.7 Å². The van der Waals surface area contributed by atoms with Gasteiger partial charge in [-0.25, -0.2) is 0 Å². The van der Waals surface area contributed by atoms with Crippen molar-refractivity contribution >= 4 is 11.6 Å². The maximum absolute atomic E-state index is 12.4. The van der Waals surface area contributed by atoms with Crippen LogP contribution < -0.4 is 19.7 Å². The number of methoxy groups -OCH3 is 2. The number of benzene rings is 2. The van der Waals surface area contributed by atoms with Crippen molar-refractivity contribution in [2.75, 3.05) is 38.8 Å². The third-order valence-electron chi connectivity index (χ3n) is 4.88. The van der Waals surface area contributed by atoms with Gasteiger partial charge in [-0.2, -0.15) is 0 Å². The lowest BCUT2D eigenvalue weighted by molar-refractivity contribution is 0.0948. The molecule has 1 fully saturated rings. The number of aryl methyl sites for hydroxylation is 1. The lowest BCUT2D eigenvalue weighted by Crippen LogP contribution is -2.31. The van der Waals surface area contributed by atoms with Crippen molar-refractivity contribution in [1.29, 1.82) is 0 Å². The Hall–Kier alpha value is -2.69. The summed E-state index contributed by atoms with van der Waals surface area (Å²) in [6, 6.07) is 13.8. The van der Waals surface area contributed by atoms with E-state index in [-0.39, 0.29) is 5.91 Å². The average molecular weight is 354 g/mol. The van der Waals surface area contributed by atoms with Crippen molar-refractivity contribution < 1.29 is 14.3 Å². The Morgan fingerprint density at radius 2 is 1.85 bits per heavy atom. The van der Waals surface area contributed by atoms with Crippen LogP contribution in [-0.2, 0) is 0 Å². The van der Waals surface area contributed by atoms with Gasteiger partial charge in [0.25, 0.3) is 5.91 Å². The fourth-order valence-corrected chi connectivity index (χ4v) is 3.31. The van der Waals surface area contributed by atoms with Crippen molar-refractivity contribution in [1.82, 2.24) is 5.32 Å². The van der Waals surface area contributed by atoms with E-state index < -0.39 is 0 Å². The summed E-state index contributed by atoms with van der Waals surface area (Å²) in [4.78, 5) is 14.8. The largest absolute Gasteiger partial charge is 0.493 e. The Bertz CT molecular complexity index is 758. The van der Waals surface area contributed by atoms with Gasteiger partial charge in [0.15, 0.2) is 11.5 Å². The molecule has 0 radical (unpaired) electrons. The summed E-state index contributed by atoms with van der Waals surface area (Å²) in [5.74, 6) is 1.56. The molecule has 1 N–H and O–H groups in total. The molecule has 0 saturated carbocycles. The van der Waals surface area contributed by atoms with Crippen molar-refractivity contribution in [3.05, 3.63) is 53.6 Å². The van der Waals surface area contributed by atoms with Gasteiger partial charge >= 0.3 is 0 Å². The van der Waals surface area contributed by atoms with Crippen molar-refractivity contribution in [3.8, 4) is 11.5 Å². The predicted octanol–water partition coefficient (Wildman–Crippen LogP) is 3.27. The first-order valence-corrected chi connectivity index (χ1v) is 8.92. The first kappa shape index (κ1) is 18.1. The highest BCUT2D eigenvalue weighted by Gasteiger charge is 2.23. The lowest BCUT2D eigenvalue weighted by atomic mass is 10.1. The zero-order valence-electron chi connectivity index (χ0n) is 15.6. The highest BCUT2D eigenvalue weighted by atomic mass is 16.5. The second kappa shape index (κ2) is 8.13. The molecule has 5 nitrogen and oxygen atoms in total. The number of nitrogens with one attached hydrogen (secondary N) is 1. The van der Waals surface area contributed by atoms with Crippen LogP contribution in [0, 0.1) is 12.8 Å². The molecular weight excluding hydrogens is 328 g/mol. The molecule has 0 spiro atoms. The molecule has 1 amide bonds. The van der Waals surface area contributed by atoms with Gasteiger partial charge in [0, 0.05) is 30.9 Å². The van der Waals surface area contributed by atoms with Gasteiger partial charge in [0.1, 0.15) is 0 Å². The number of anilines is 1. The topological polar surface area (TPSA) is 50.8 Å². The third-order valence-corrected chi connectivity index (χ3v) is 4.88. The molecule has 138 valence electrons. The average Bonchev–Trinajstić information content (AvgIpc) is 3.15. The van der Waals surface area contributed by atoms with E-state index >= 15 is 0 Å². The molecule has 3 rings (SSSR count). The number of rotatable bonds is 6. The molecule has 2 aromatic carbocycles. The number of carbonyl (C=O) groups excluding carboxylic acids is 1. The zero-order chi connectivity index (χ0) is 18.5. The van der Waals surface area contributed by atoms with Gasteiger partial charge in [0.2, 0.25) is 0 Å². The standard InChI is InChI=1S/C21H26N2O3/c1-15-4-7-18(8-5-15)23-11-10-16(14-23)13-22-21(24)17-6-9-19(25-2)20(12-17)26-3/h4-9,12,16H,10-11,13-14H2,1-3H3,(H,22,24). The minimum atomic E-state index is -0.0836. The van der Waals surface area contributed by atoms with E-state index in [4.69, 9.17) is 9.47 Å². The van der Waals surface area contributed by atoms with Gasteiger partial charge in [-0.05, 0) is 49.6 Å². The number of amides is 1. The Morgan fingerprint density at radius 1 is 1.12 bits per heavy atom. The molecular formula is C21H26N2O3. The first-order chi connectivity index (χ1) is 12.6. The third kappa shape index (κ3) is 4.10. The normalized spacial score (nSPS) is 16.4. The maximum atomic E-state index is 12.4. The summed E-state index contributed by atoms with van der Waals surface area (Å²) < 4.78 is 10.5. The molecule has 0 aromatic heterocycles. The summed E-state index contributed by atoms with van der Waals surface area (Å²) in [5.41, 5.74) is 3.10. The smallest absolute Gasteiger partial charge is 0.251 e. The molecule has 26 heavy (non-hydrogen) atoms. The van der Waals surface area contributed by atoms with E-state index in [9.17, 15) is 4.79 Å². The van der Waals surface area contributed by atoms with Crippen LogP contribution in [-0.4, -0.2) is 39.8 Å². The minimum absolute atomic E-state index is 0.0836. The van der Waals surface area contributed by atoms with Gasteiger partial charge in [-0.15, -0.1) is 0 Å². The molecule has 1 atom stereocenters. The van der Waals surface area contributed by atoms with Crippen LogP contribution >= 0.6 is 0 Å². The van der Waals surface area contributed by atoms with Crippen LogP contribution in [0.5, 0.6) is 11.5 Å². The van der Waals surface area contributed by atoms with E-state index in [0.29, 0.717) is 29.5 Å². The summed E-state index contributed by atoms with van der Waals surface area (Å²) in [6.45, 7) is 4.77. The van der Waals surface area contributed by atoms with Gasteiger partial charge in [-0.1, -0.05) is 17.7 Å². The van der Waals surface area contributed by atoms with Crippen LogP contribution in [0.4, 0.5) is 5.69 Å². The molecule has 0 aliphatic carbocycles.